The number of carbonyl (C=O) groups excluding carboxylic acids is 1. The number of carbonyl (C=O) groups is 1. The summed E-state index contributed by atoms with van der Waals surface area (Å²) in [6.45, 7) is 2.33. The fraction of sp³-hybridized carbons (Fsp3) is 0.235. The van der Waals surface area contributed by atoms with Crippen LogP contribution in [0.5, 0.6) is 0 Å². The third-order valence-electron chi connectivity index (χ3n) is 3.74. The van der Waals surface area contributed by atoms with E-state index in [0.717, 1.165) is 29.5 Å². The monoisotopic (exact) mass is 329 g/mol. The Morgan fingerprint density at radius 2 is 1.75 bits per heavy atom. The number of rotatable bonds is 3. The highest BCUT2D eigenvalue weighted by Crippen LogP contribution is 2.19. The zero-order valence-electron chi connectivity index (χ0n) is 11.2. The number of Topliss-reactive ketones (excluding diaryl/α,β-unsaturated/α-hetero) is 1. The molecule has 2 aromatic carbocycles. The van der Waals surface area contributed by atoms with Crippen LogP contribution in [0.3, 0.4) is 0 Å². The molecule has 2 aromatic rings. The molecule has 0 aromatic heterocycles. The van der Waals surface area contributed by atoms with Gasteiger partial charge in [0.1, 0.15) is 0 Å². The molecule has 3 rings (SSSR count). The maximum Gasteiger partial charge on any atom is 0.176 e. The van der Waals surface area contributed by atoms with E-state index in [1.165, 1.54) is 11.1 Å². The van der Waals surface area contributed by atoms with Crippen LogP contribution < -0.4 is 0 Å². The molecule has 0 amide bonds. The van der Waals surface area contributed by atoms with Gasteiger partial charge in [-0.2, -0.15) is 0 Å². The van der Waals surface area contributed by atoms with Crippen molar-refractivity contribution < 1.29 is 4.79 Å². The maximum atomic E-state index is 12.3. The number of hydrogen-bond acceptors (Lipinski definition) is 2. The van der Waals surface area contributed by atoms with E-state index < -0.39 is 0 Å². The van der Waals surface area contributed by atoms with Crippen LogP contribution in [-0.2, 0) is 13.0 Å². The van der Waals surface area contributed by atoms with Crippen LogP contribution in [0.4, 0.5) is 0 Å². The maximum absolute atomic E-state index is 12.3. The molecule has 0 saturated heterocycles. The van der Waals surface area contributed by atoms with E-state index in [1.807, 2.05) is 24.3 Å². The van der Waals surface area contributed by atoms with Gasteiger partial charge < -0.3 is 0 Å². The molecular weight excluding hydrogens is 314 g/mol. The average Bonchev–Trinajstić information content (AvgIpc) is 2.48. The van der Waals surface area contributed by atoms with Crippen LogP contribution >= 0.6 is 15.9 Å². The van der Waals surface area contributed by atoms with Crippen LogP contribution in [0, 0.1) is 0 Å². The molecule has 0 bridgehead atoms. The highest BCUT2D eigenvalue weighted by molar-refractivity contribution is 9.10. The number of fused-ring (bicyclic) bond motifs is 1. The standard InChI is InChI=1S/C17H16BrNO/c18-16-7-5-14(6-8-16)17(20)12-19-10-9-13-3-1-2-4-15(13)11-19/h1-8H,9-12H2. The van der Waals surface area contributed by atoms with Gasteiger partial charge in [-0.25, -0.2) is 0 Å². The second-order valence-corrected chi connectivity index (χ2v) is 6.08. The minimum Gasteiger partial charge on any atom is -0.293 e. The van der Waals surface area contributed by atoms with Crippen molar-refractivity contribution in [1.82, 2.24) is 4.90 Å². The summed E-state index contributed by atoms with van der Waals surface area (Å²) in [5.41, 5.74) is 3.55. The average molecular weight is 330 g/mol. The van der Waals surface area contributed by atoms with E-state index in [9.17, 15) is 4.79 Å². The Morgan fingerprint density at radius 1 is 1.05 bits per heavy atom. The molecule has 0 radical (unpaired) electrons. The summed E-state index contributed by atoms with van der Waals surface area (Å²) < 4.78 is 1.00. The first-order chi connectivity index (χ1) is 9.72. The molecular formula is C17H16BrNO. The first kappa shape index (κ1) is 13.5. The quantitative estimate of drug-likeness (QED) is 0.800. The third kappa shape index (κ3) is 3.00. The Morgan fingerprint density at radius 3 is 2.50 bits per heavy atom. The minimum absolute atomic E-state index is 0.192. The van der Waals surface area contributed by atoms with Gasteiger partial charge in [0.15, 0.2) is 5.78 Å². The van der Waals surface area contributed by atoms with Crippen molar-refractivity contribution in [3.8, 4) is 0 Å². The summed E-state index contributed by atoms with van der Waals surface area (Å²) in [5.74, 6) is 0.192. The highest BCUT2D eigenvalue weighted by atomic mass is 79.9. The molecule has 3 heteroatoms. The molecule has 0 spiro atoms. The SMILES string of the molecule is O=C(CN1CCc2ccccc2C1)c1ccc(Br)cc1. The molecule has 0 aliphatic carbocycles. The summed E-state index contributed by atoms with van der Waals surface area (Å²) in [6.07, 6.45) is 1.03. The second kappa shape index (κ2) is 5.90. The van der Waals surface area contributed by atoms with Gasteiger partial charge in [0.25, 0.3) is 0 Å². The predicted molar refractivity (Wildman–Crippen MR) is 83.9 cm³/mol. The summed E-state index contributed by atoms with van der Waals surface area (Å²) in [6, 6.07) is 16.1. The van der Waals surface area contributed by atoms with E-state index in [4.69, 9.17) is 0 Å². The molecule has 0 fully saturated rings. The smallest absolute Gasteiger partial charge is 0.176 e. The highest BCUT2D eigenvalue weighted by Gasteiger charge is 2.18. The van der Waals surface area contributed by atoms with Crippen molar-refractivity contribution in [2.75, 3.05) is 13.1 Å². The van der Waals surface area contributed by atoms with Crippen LogP contribution in [0.2, 0.25) is 0 Å². The van der Waals surface area contributed by atoms with Crippen LogP contribution in [0.25, 0.3) is 0 Å². The van der Waals surface area contributed by atoms with Crippen molar-refractivity contribution in [3.63, 3.8) is 0 Å². The number of benzene rings is 2. The van der Waals surface area contributed by atoms with E-state index >= 15 is 0 Å². The first-order valence-electron chi connectivity index (χ1n) is 6.80. The van der Waals surface area contributed by atoms with Gasteiger partial charge in [-0.05, 0) is 29.7 Å². The zero-order valence-corrected chi connectivity index (χ0v) is 12.8. The zero-order chi connectivity index (χ0) is 13.9. The molecule has 102 valence electrons. The Labute approximate surface area is 127 Å². The Bertz CT molecular complexity index is 621. The number of ketones is 1. The van der Waals surface area contributed by atoms with Gasteiger partial charge >= 0.3 is 0 Å². The molecule has 20 heavy (non-hydrogen) atoms. The van der Waals surface area contributed by atoms with E-state index in [1.54, 1.807) is 0 Å². The predicted octanol–water partition coefficient (Wildman–Crippen LogP) is 3.69. The van der Waals surface area contributed by atoms with Crippen molar-refractivity contribution in [2.24, 2.45) is 0 Å². The van der Waals surface area contributed by atoms with Gasteiger partial charge in [0, 0.05) is 23.1 Å². The molecule has 1 heterocycles. The van der Waals surface area contributed by atoms with Crippen LogP contribution in [0.1, 0.15) is 21.5 Å². The van der Waals surface area contributed by atoms with Crippen molar-refractivity contribution in [1.29, 1.82) is 0 Å². The normalized spacial score (nSPS) is 14.8. The van der Waals surface area contributed by atoms with E-state index in [0.29, 0.717) is 6.54 Å². The number of nitrogens with zero attached hydrogens (tertiary/aromatic N) is 1. The Hall–Kier alpha value is -1.45. The molecule has 0 atom stereocenters. The first-order valence-corrected chi connectivity index (χ1v) is 7.59. The largest absolute Gasteiger partial charge is 0.293 e. The second-order valence-electron chi connectivity index (χ2n) is 5.16. The Kier molecular flexibility index (Phi) is 3.99. The summed E-state index contributed by atoms with van der Waals surface area (Å²) in [4.78, 5) is 14.5. The van der Waals surface area contributed by atoms with Crippen LogP contribution in [-0.4, -0.2) is 23.8 Å². The van der Waals surface area contributed by atoms with Crippen LogP contribution in [0.15, 0.2) is 53.0 Å². The van der Waals surface area contributed by atoms with Gasteiger partial charge in [0.2, 0.25) is 0 Å². The topological polar surface area (TPSA) is 20.3 Å². The van der Waals surface area contributed by atoms with Gasteiger partial charge in [-0.15, -0.1) is 0 Å². The lowest BCUT2D eigenvalue weighted by Crippen LogP contribution is -2.34. The molecule has 1 aliphatic rings. The fourth-order valence-electron chi connectivity index (χ4n) is 2.62. The molecule has 1 aliphatic heterocycles. The molecule has 2 nitrogen and oxygen atoms in total. The van der Waals surface area contributed by atoms with Crippen molar-refractivity contribution >= 4 is 21.7 Å². The molecule has 0 unspecified atom stereocenters. The third-order valence-corrected chi connectivity index (χ3v) is 4.27. The lowest BCUT2D eigenvalue weighted by molar-refractivity contribution is 0.0921. The number of hydrogen-bond donors (Lipinski definition) is 0. The summed E-state index contributed by atoms with van der Waals surface area (Å²) >= 11 is 3.39. The summed E-state index contributed by atoms with van der Waals surface area (Å²) in [7, 11) is 0. The van der Waals surface area contributed by atoms with Crippen molar-refractivity contribution in [3.05, 3.63) is 69.7 Å². The fourth-order valence-corrected chi connectivity index (χ4v) is 2.88. The van der Waals surface area contributed by atoms with Gasteiger partial charge in [0.05, 0.1) is 6.54 Å². The van der Waals surface area contributed by atoms with Gasteiger partial charge in [-0.1, -0.05) is 52.3 Å². The Balaban J connectivity index is 1.67. The molecule has 0 saturated carbocycles. The van der Waals surface area contributed by atoms with E-state index in [-0.39, 0.29) is 5.78 Å². The lowest BCUT2D eigenvalue weighted by Gasteiger charge is -2.28. The number of halogens is 1. The molecule has 0 N–H and O–H groups in total. The van der Waals surface area contributed by atoms with Crippen molar-refractivity contribution in [2.45, 2.75) is 13.0 Å². The van der Waals surface area contributed by atoms with Gasteiger partial charge in [-0.3, -0.25) is 9.69 Å². The summed E-state index contributed by atoms with van der Waals surface area (Å²) in [5, 5.41) is 0. The minimum atomic E-state index is 0.192. The van der Waals surface area contributed by atoms with E-state index in [2.05, 4.69) is 45.1 Å². The lowest BCUT2D eigenvalue weighted by atomic mass is 9.99.